The van der Waals surface area contributed by atoms with E-state index < -0.39 is 33.4 Å². The second-order valence-corrected chi connectivity index (χ2v) is 12.8. The Kier molecular flexibility index (Phi) is 4.48. The van der Waals surface area contributed by atoms with Crippen molar-refractivity contribution in [2.75, 3.05) is 0 Å². The van der Waals surface area contributed by atoms with Crippen LogP contribution in [-0.4, -0.2) is 40.1 Å². The van der Waals surface area contributed by atoms with E-state index in [1.165, 1.54) is 0 Å². The van der Waals surface area contributed by atoms with Gasteiger partial charge in [0.25, 0.3) is 0 Å². The lowest BCUT2D eigenvalue weighted by atomic mass is 9.42. The number of fused-ring (bicyclic) bond motifs is 4. The highest BCUT2D eigenvalue weighted by Crippen LogP contribution is 2.71. The van der Waals surface area contributed by atoms with Crippen molar-refractivity contribution >= 4 is 23.3 Å². The summed E-state index contributed by atoms with van der Waals surface area (Å²) in [6, 6.07) is 0. The Morgan fingerprint density at radius 1 is 0.879 bits per heavy atom. The summed E-state index contributed by atoms with van der Waals surface area (Å²) in [6.07, 6.45) is 1.67. The van der Waals surface area contributed by atoms with E-state index in [1.54, 1.807) is 0 Å². The zero-order valence-electron chi connectivity index (χ0n) is 20.7. The largest absolute Gasteiger partial charge is 0.459 e. The second kappa shape index (κ2) is 6.44. The van der Waals surface area contributed by atoms with Crippen molar-refractivity contribution in [3.63, 3.8) is 0 Å². The fourth-order valence-corrected chi connectivity index (χ4v) is 8.89. The second-order valence-electron chi connectivity index (χ2n) is 12.8. The van der Waals surface area contributed by atoms with Gasteiger partial charge in [0, 0.05) is 48.0 Å². The monoisotopic (exact) mass is 456 g/mol. The van der Waals surface area contributed by atoms with Crippen molar-refractivity contribution in [2.45, 2.75) is 98.2 Å². The van der Waals surface area contributed by atoms with Crippen molar-refractivity contribution in [3.05, 3.63) is 11.1 Å². The quantitative estimate of drug-likeness (QED) is 0.604. The van der Waals surface area contributed by atoms with Crippen LogP contribution in [0.2, 0.25) is 0 Å². The summed E-state index contributed by atoms with van der Waals surface area (Å²) in [6.45, 7) is 11.7. The molecular weight excluding hydrogens is 420 g/mol. The summed E-state index contributed by atoms with van der Waals surface area (Å²) >= 11 is 0. The minimum Gasteiger partial charge on any atom is -0.459 e. The summed E-state index contributed by atoms with van der Waals surface area (Å²) in [5.74, 6) is -0.521. The number of rotatable bonds is 1. The Labute approximate surface area is 195 Å². The molecule has 0 radical (unpaired) electrons. The number of hydrogen-bond acceptors (Lipinski definition) is 6. The Bertz CT molecular complexity index is 1040. The van der Waals surface area contributed by atoms with Gasteiger partial charge >= 0.3 is 5.97 Å². The molecule has 33 heavy (non-hydrogen) atoms. The molecule has 0 aromatic rings. The van der Waals surface area contributed by atoms with Crippen LogP contribution in [0.5, 0.6) is 0 Å². The molecule has 3 fully saturated rings. The highest BCUT2D eigenvalue weighted by molar-refractivity contribution is 6.05. The molecule has 0 amide bonds. The number of carbonyl (C=O) groups excluding carboxylic acids is 4. The van der Waals surface area contributed by atoms with E-state index in [-0.39, 0.29) is 48.0 Å². The van der Waals surface area contributed by atoms with E-state index in [0.29, 0.717) is 43.3 Å². The maximum Gasteiger partial charge on any atom is 0.306 e. The van der Waals surface area contributed by atoms with Crippen LogP contribution in [0.4, 0.5) is 0 Å². The highest BCUT2D eigenvalue weighted by Gasteiger charge is 2.72. The molecule has 2 saturated carbocycles. The van der Waals surface area contributed by atoms with Gasteiger partial charge in [0.05, 0.1) is 11.5 Å². The molecule has 6 heteroatoms. The molecule has 7 atom stereocenters. The van der Waals surface area contributed by atoms with E-state index in [9.17, 15) is 24.3 Å². The average Bonchev–Trinajstić information content (AvgIpc) is 3.16. The van der Waals surface area contributed by atoms with Crippen LogP contribution in [0.15, 0.2) is 11.1 Å². The first kappa shape index (κ1) is 22.9. The maximum atomic E-state index is 14.0. The molecule has 4 aliphatic carbocycles. The fraction of sp³-hybridized carbons (Fsp3) is 0.778. The molecule has 1 N–H and O–H groups in total. The highest BCUT2D eigenvalue weighted by atomic mass is 16.6. The zero-order chi connectivity index (χ0) is 24.4. The SMILES string of the molecule is CC1(C)C(=O)CC[C@]2(C)C3=C([C@@H](O)C[C@@H]12)[C@]1(C)C(=O)C[C@H]([C@]2(C)CCC(=O)O2)[C@@]1(C)CC3=O. The Hall–Kier alpha value is -1.82. The lowest BCUT2D eigenvalue weighted by Gasteiger charge is -2.60. The number of aliphatic hydroxyl groups excluding tert-OH is 1. The number of cyclic esters (lactones) is 1. The average molecular weight is 457 g/mol. The molecular formula is C27H36O6. The normalized spacial score (nSPS) is 49.0. The van der Waals surface area contributed by atoms with E-state index in [2.05, 4.69) is 6.92 Å². The topological polar surface area (TPSA) is 97.7 Å². The Balaban J connectivity index is 1.70. The van der Waals surface area contributed by atoms with E-state index in [4.69, 9.17) is 4.74 Å². The van der Waals surface area contributed by atoms with E-state index in [1.807, 2.05) is 34.6 Å². The number of hydrogen-bond donors (Lipinski definition) is 1. The van der Waals surface area contributed by atoms with Crippen LogP contribution < -0.4 is 0 Å². The van der Waals surface area contributed by atoms with Crippen LogP contribution in [0, 0.1) is 33.5 Å². The van der Waals surface area contributed by atoms with Crippen molar-refractivity contribution in [1.82, 2.24) is 0 Å². The maximum absolute atomic E-state index is 14.0. The van der Waals surface area contributed by atoms with Crippen LogP contribution in [0.3, 0.4) is 0 Å². The third kappa shape index (κ3) is 2.54. The number of carbonyl (C=O) groups is 4. The first-order valence-corrected chi connectivity index (χ1v) is 12.4. The van der Waals surface area contributed by atoms with Crippen LogP contribution in [-0.2, 0) is 23.9 Å². The predicted octanol–water partition coefficient (Wildman–Crippen LogP) is 3.73. The molecule has 1 saturated heterocycles. The number of aliphatic hydroxyl groups is 1. The predicted molar refractivity (Wildman–Crippen MR) is 120 cm³/mol. The fourth-order valence-electron chi connectivity index (χ4n) is 8.89. The molecule has 0 bridgehead atoms. The first-order valence-electron chi connectivity index (χ1n) is 12.4. The van der Waals surface area contributed by atoms with Gasteiger partial charge in [-0.05, 0) is 50.0 Å². The van der Waals surface area contributed by atoms with Crippen molar-refractivity contribution in [3.8, 4) is 0 Å². The summed E-state index contributed by atoms with van der Waals surface area (Å²) in [5, 5.41) is 11.5. The van der Waals surface area contributed by atoms with Gasteiger partial charge in [0.1, 0.15) is 17.2 Å². The number of ketones is 3. The first-order chi connectivity index (χ1) is 15.1. The van der Waals surface area contributed by atoms with E-state index >= 15 is 0 Å². The van der Waals surface area contributed by atoms with Crippen molar-refractivity contribution in [1.29, 1.82) is 0 Å². The molecule has 0 aromatic carbocycles. The Morgan fingerprint density at radius 3 is 2.15 bits per heavy atom. The van der Waals surface area contributed by atoms with E-state index in [0.717, 1.165) is 0 Å². The van der Waals surface area contributed by atoms with Gasteiger partial charge in [-0.2, -0.15) is 0 Å². The molecule has 0 spiro atoms. The van der Waals surface area contributed by atoms with Gasteiger partial charge in [0.15, 0.2) is 5.78 Å². The number of esters is 1. The molecule has 5 aliphatic rings. The zero-order valence-corrected chi connectivity index (χ0v) is 20.7. The van der Waals surface area contributed by atoms with Gasteiger partial charge in [-0.3, -0.25) is 19.2 Å². The molecule has 180 valence electrons. The third-order valence-electron chi connectivity index (χ3n) is 11.0. The third-order valence-corrected chi connectivity index (χ3v) is 11.0. The lowest BCUT2D eigenvalue weighted by Crippen LogP contribution is -2.60. The molecule has 1 heterocycles. The van der Waals surface area contributed by atoms with Gasteiger partial charge < -0.3 is 9.84 Å². The summed E-state index contributed by atoms with van der Waals surface area (Å²) in [5.41, 5.74) is -2.53. The summed E-state index contributed by atoms with van der Waals surface area (Å²) in [7, 11) is 0. The molecule has 6 nitrogen and oxygen atoms in total. The molecule has 5 rings (SSSR count). The summed E-state index contributed by atoms with van der Waals surface area (Å²) < 4.78 is 5.76. The standard InChI is InChI=1S/C27H36O6/c1-23(2)16-11-14(28)22-21(24(16,3)9-7-18(23)30)15(29)13-25(4)17(12-19(31)27(22,25)6)26(5)10-8-20(32)33-26/h14,16-17,28H,7-13H2,1-6H3/t14-,16-,17-,24-,25+,26-,27-/m0/s1. The van der Waals surface area contributed by atoms with Gasteiger partial charge in [-0.15, -0.1) is 0 Å². The van der Waals surface area contributed by atoms with Gasteiger partial charge in [-0.1, -0.05) is 27.7 Å². The smallest absolute Gasteiger partial charge is 0.306 e. The van der Waals surface area contributed by atoms with Crippen LogP contribution >= 0.6 is 0 Å². The van der Waals surface area contributed by atoms with Crippen LogP contribution in [0.25, 0.3) is 0 Å². The lowest BCUT2D eigenvalue weighted by molar-refractivity contribution is -0.159. The summed E-state index contributed by atoms with van der Waals surface area (Å²) in [4.78, 5) is 52.6. The molecule has 0 unspecified atom stereocenters. The minimum atomic E-state index is -1.00. The number of ether oxygens (including phenoxy) is 1. The van der Waals surface area contributed by atoms with Gasteiger partial charge in [0.2, 0.25) is 0 Å². The van der Waals surface area contributed by atoms with Crippen molar-refractivity contribution in [2.24, 2.45) is 33.5 Å². The number of Topliss-reactive ketones (excluding diaryl/α,β-unsaturated/α-hetero) is 3. The van der Waals surface area contributed by atoms with Gasteiger partial charge in [-0.25, -0.2) is 0 Å². The molecule has 1 aliphatic heterocycles. The Morgan fingerprint density at radius 2 is 1.55 bits per heavy atom. The minimum absolute atomic E-state index is 0.0194. The van der Waals surface area contributed by atoms with Crippen LogP contribution in [0.1, 0.15) is 86.5 Å². The molecule has 0 aromatic heterocycles. The number of allylic oxidation sites excluding steroid dienone is 1. The van der Waals surface area contributed by atoms with Crippen molar-refractivity contribution < 1.29 is 29.0 Å².